The second kappa shape index (κ2) is 7.14. The summed E-state index contributed by atoms with van der Waals surface area (Å²) in [5.41, 5.74) is 1.91. The first-order chi connectivity index (χ1) is 10.1. The average molecular weight is 311 g/mol. The van der Waals surface area contributed by atoms with Gasteiger partial charge in [-0.05, 0) is 32.4 Å². The predicted octanol–water partition coefficient (Wildman–Crippen LogP) is 4.16. The molecule has 0 radical (unpaired) electrons. The number of ether oxygens (including phenoxy) is 2. The molecule has 4 nitrogen and oxygen atoms in total. The topological polar surface area (TPSA) is 36.3 Å². The summed E-state index contributed by atoms with van der Waals surface area (Å²) in [4.78, 5) is 4.70. The fourth-order valence-corrected chi connectivity index (χ4v) is 2.46. The Bertz CT molecular complexity index is 595. The number of fused-ring (bicyclic) bond motifs is 1. The summed E-state index contributed by atoms with van der Waals surface area (Å²) in [6.45, 7) is 7.46. The Kier molecular flexibility index (Phi) is 5.48. The van der Waals surface area contributed by atoms with Crippen LogP contribution < -0.4 is 4.74 Å². The molecule has 0 N–H and O–H groups in total. The van der Waals surface area contributed by atoms with Crippen LogP contribution in [0.25, 0.3) is 11.0 Å². The average Bonchev–Trinajstić information content (AvgIpc) is 2.84. The lowest BCUT2D eigenvalue weighted by Crippen LogP contribution is -2.16. The second-order valence-corrected chi connectivity index (χ2v) is 5.87. The third kappa shape index (κ3) is 3.50. The standard InChI is InChI=1S/C16H23ClN2O2/c1-5-9-21-14-8-6-7-13-15(14)18-16(12(3)17)19(13)10-11(2)20-4/h6-8,11-12H,5,9-10H2,1-4H3. The highest BCUT2D eigenvalue weighted by atomic mass is 35.5. The lowest BCUT2D eigenvalue weighted by atomic mass is 10.3. The highest BCUT2D eigenvalue weighted by molar-refractivity contribution is 6.20. The van der Waals surface area contributed by atoms with Crippen molar-refractivity contribution in [3.05, 3.63) is 24.0 Å². The van der Waals surface area contributed by atoms with E-state index in [0.29, 0.717) is 6.61 Å². The van der Waals surface area contributed by atoms with Crippen molar-refractivity contribution in [2.24, 2.45) is 0 Å². The van der Waals surface area contributed by atoms with E-state index in [9.17, 15) is 0 Å². The van der Waals surface area contributed by atoms with Gasteiger partial charge in [-0.3, -0.25) is 0 Å². The smallest absolute Gasteiger partial charge is 0.147 e. The lowest BCUT2D eigenvalue weighted by Gasteiger charge is -2.15. The first-order valence-electron chi connectivity index (χ1n) is 7.37. The van der Waals surface area contributed by atoms with E-state index in [-0.39, 0.29) is 11.5 Å². The molecule has 0 aliphatic rings. The molecule has 0 fully saturated rings. The van der Waals surface area contributed by atoms with E-state index in [1.807, 2.05) is 32.0 Å². The number of rotatable bonds is 7. The van der Waals surface area contributed by atoms with Crippen LogP contribution >= 0.6 is 11.6 Å². The maximum atomic E-state index is 6.30. The van der Waals surface area contributed by atoms with E-state index in [0.717, 1.165) is 35.6 Å². The molecule has 1 aromatic heterocycles. The van der Waals surface area contributed by atoms with Crippen LogP contribution in [0.15, 0.2) is 18.2 Å². The van der Waals surface area contributed by atoms with Gasteiger partial charge < -0.3 is 14.0 Å². The van der Waals surface area contributed by atoms with Crippen LogP contribution in [0.5, 0.6) is 5.75 Å². The summed E-state index contributed by atoms with van der Waals surface area (Å²) in [6, 6.07) is 6.00. The van der Waals surface area contributed by atoms with Gasteiger partial charge in [0.25, 0.3) is 0 Å². The van der Waals surface area contributed by atoms with Crippen LogP contribution in [0.4, 0.5) is 0 Å². The minimum atomic E-state index is -0.166. The summed E-state index contributed by atoms with van der Waals surface area (Å²) in [5.74, 6) is 1.67. The van der Waals surface area contributed by atoms with Gasteiger partial charge in [0.2, 0.25) is 0 Å². The van der Waals surface area contributed by atoms with Gasteiger partial charge in [-0.25, -0.2) is 4.98 Å². The van der Waals surface area contributed by atoms with Gasteiger partial charge in [-0.15, -0.1) is 11.6 Å². The van der Waals surface area contributed by atoms with Crippen LogP contribution in [-0.4, -0.2) is 29.4 Å². The largest absolute Gasteiger partial charge is 0.491 e. The van der Waals surface area contributed by atoms with E-state index < -0.39 is 0 Å². The number of hydrogen-bond donors (Lipinski definition) is 0. The molecule has 0 saturated heterocycles. The molecule has 0 aliphatic heterocycles. The molecule has 1 heterocycles. The quantitative estimate of drug-likeness (QED) is 0.720. The second-order valence-electron chi connectivity index (χ2n) is 5.22. The molecule has 2 atom stereocenters. The van der Waals surface area contributed by atoms with Gasteiger partial charge in [0.15, 0.2) is 0 Å². The van der Waals surface area contributed by atoms with E-state index in [1.165, 1.54) is 0 Å². The molecule has 0 aliphatic carbocycles. The van der Waals surface area contributed by atoms with Gasteiger partial charge in [-0.1, -0.05) is 13.0 Å². The van der Waals surface area contributed by atoms with E-state index in [2.05, 4.69) is 11.5 Å². The van der Waals surface area contributed by atoms with Crippen molar-refractivity contribution in [1.82, 2.24) is 9.55 Å². The summed E-state index contributed by atoms with van der Waals surface area (Å²) < 4.78 is 13.3. The van der Waals surface area contributed by atoms with Crippen molar-refractivity contribution < 1.29 is 9.47 Å². The molecule has 0 saturated carbocycles. The Morgan fingerprint density at radius 2 is 2.10 bits per heavy atom. The number of halogens is 1. The van der Waals surface area contributed by atoms with Crippen molar-refractivity contribution in [2.45, 2.75) is 45.2 Å². The van der Waals surface area contributed by atoms with Gasteiger partial charge >= 0.3 is 0 Å². The first-order valence-corrected chi connectivity index (χ1v) is 7.80. The minimum absolute atomic E-state index is 0.0942. The predicted molar refractivity (Wildman–Crippen MR) is 86.3 cm³/mol. The number of nitrogens with zero attached hydrogens (tertiary/aromatic N) is 2. The number of imidazole rings is 1. The molecule has 21 heavy (non-hydrogen) atoms. The van der Waals surface area contributed by atoms with Gasteiger partial charge in [0.05, 0.1) is 30.1 Å². The van der Waals surface area contributed by atoms with Gasteiger partial charge in [0, 0.05) is 7.11 Å². The zero-order chi connectivity index (χ0) is 15.4. The van der Waals surface area contributed by atoms with Crippen LogP contribution in [-0.2, 0) is 11.3 Å². The molecule has 0 bridgehead atoms. The molecule has 2 aromatic rings. The molecule has 0 spiro atoms. The number of para-hydroxylation sites is 1. The Balaban J connectivity index is 2.51. The van der Waals surface area contributed by atoms with Crippen LogP contribution in [0.2, 0.25) is 0 Å². The van der Waals surface area contributed by atoms with Crippen LogP contribution in [0.3, 0.4) is 0 Å². The molecule has 5 heteroatoms. The monoisotopic (exact) mass is 310 g/mol. The van der Waals surface area contributed by atoms with E-state index >= 15 is 0 Å². The summed E-state index contributed by atoms with van der Waals surface area (Å²) in [7, 11) is 1.71. The Hall–Kier alpha value is -1.26. The number of alkyl halides is 1. The lowest BCUT2D eigenvalue weighted by molar-refractivity contribution is 0.103. The van der Waals surface area contributed by atoms with Crippen molar-refractivity contribution in [3.63, 3.8) is 0 Å². The Labute approximate surface area is 131 Å². The molecular weight excluding hydrogens is 288 g/mol. The number of methoxy groups -OCH3 is 1. The zero-order valence-corrected chi connectivity index (χ0v) is 13.9. The van der Waals surface area contributed by atoms with Crippen LogP contribution in [0.1, 0.15) is 38.4 Å². The number of benzene rings is 1. The number of aromatic nitrogens is 2. The van der Waals surface area contributed by atoms with E-state index in [1.54, 1.807) is 7.11 Å². The maximum absolute atomic E-state index is 6.30. The highest BCUT2D eigenvalue weighted by Gasteiger charge is 2.18. The van der Waals surface area contributed by atoms with Crippen molar-refractivity contribution >= 4 is 22.6 Å². The van der Waals surface area contributed by atoms with Crippen LogP contribution in [0, 0.1) is 0 Å². The molecule has 1 aromatic carbocycles. The number of hydrogen-bond acceptors (Lipinski definition) is 3. The highest BCUT2D eigenvalue weighted by Crippen LogP contribution is 2.30. The fourth-order valence-electron chi connectivity index (χ4n) is 2.29. The van der Waals surface area contributed by atoms with Crippen molar-refractivity contribution in [1.29, 1.82) is 0 Å². The summed E-state index contributed by atoms with van der Waals surface area (Å²) in [6.07, 6.45) is 1.06. The van der Waals surface area contributed by atoms with Crippen molar-refractivity contribution in [3.8, 4) is 5.75 Å². The minimum Gasteiger partial charge on any atom is -0.491 e. The normalized spacial score (nSPS) is 14.3. The summed E-state index contributed by atoms with van der Waals surface area (Å²) in [5, 5.41) is -0.166. The molecule has 2 rings (SSSR count). The Morgan fingerprint density at radius 1 is 1.33 bits per heavy atom. The molecular formula is C16H23ClN2O2. The third-order valence-electron chi connectivity index (χ3n) is 3.43. The zero-order valence-electron chi connectivity index (χ0n) is 13.1. The molecule has 0 amide bonds. The maximum Gasteiger partial charge on any atom is 0.147 e. The SMILES string of the molecule is CCCOc1cccc2c1nc(C(C)Cl)n2CC(C)OC. The Morgan fingerprint density at radius 3 is 2.71 bits per heavy atom. The molecule has 116 valence electrons. The first kappa shape index (κ1) is 16.1. The fraction of sp³-hybridized carbons (Fsp3) is 0.562. The van der Waals surface area contributed by atoms with Crippen molar-refractivity contribution in [2.75, 3.05) is 13.7 Å². The third-order valence-corrected chi connectivity index (χ3v) is 3.63. The van der Waals surface area contributed by atoms with E-state index in [4.69, 9.17) is 26.1 Å². The van der Waals surface area contributed by atoms with Gasteiger partial charge in [0.1, 0.15) is 17.1 Å². The van der Waals surface area contributed by atoms with Gasteiger partial charge in [-0.2, -0.15) is 0 Å². The summed E-state index contributed by atoms with van der Waals surface area (Å²) >= 11 is 6.30. The molecule has 2 unspecified atom stereocenters.